The Labute approximate surface area is 154 Å². The molecule has 0 amide bonds. The van der Waals surface area contributed by atoms with E-state index in [2.05, 4.69) is 20.7 Å². The topological polar surface area (TPSA) is 80.2 Å². The van der Waals surface area contributed by atoms with Crippen LogP contribution in [0.4, 0.5) is 0 Å². The van der Waals surface area contributed by atoms with Crippen LogP contribution in [-0.2, 0) is 21.5 Å². The van der Waals surface area contributed by atoms with E-state index in [9.17, 15) is 8.42 Å². The summed E-state index contributed by atoms with van der Waals surface area (Å²) in [6.45, 7) is -0.0975. The SMILES string of the molecule is CS(=O)(=O)Cl.ClCc1ncccc1Cl.OCc1ncccc1Cl. The Balaban J connectivity index is 0.000000332. The number of rotatable bonds is 2. The van der Waals surface area contributed by atoms with E-state index < -0.39 is 9.05 Å². The Morgan fingerprint density at radius 2 is 1.43 bits per heavy atom. The summed E-state index contributed by atoms with van der Waals surface area (Å²) in [5.74, 6) is 0.375. The molecule has 0 spiro atoms. The molecule has 0 fully saturated rings. The van der Waals surface area contributed by atoms with Crippen molar-refractivity contribution < 1.29 is 13.5 Å². The number of aromatic nitrogens is 2. The fourth-order valence-electron chi connectivity index (χ4n) is 1.05. The van der Waals surface area contributed by atoms with Crippen molar-refractivity contribution in [3.05, 3.63) is 58.1 Å². The van der Waals surface area contributed by atoms with Crippen LogP contribution in [0, 0.1) is 0 Å². The number of nitrogens with zero attached hydrogens (tertiary/aromatic N) is 2. The fourth-order valence-corrected chi connectivity index (χ4v) is 1.70. The lowest BCUT2D eigenvalue weighted by atomic mass is 10.4. The van der Waals surface area contributed by atoms with Crippen LogP contribution in [0.25, 0.3) is 0 Å². The molecule has 0 aromatic carbocycles. The maximum Gasteiger partial charge on any atom is 0.229 e. The summed E-state index contributed by atoms with van der Waals surface area (Å²) in [6.07, 6.45) is 4.19. The summed E-state index contributed by atoms with van der Waals surface area (Å²) in [6, 6.07) is 6.96. The van der Waals surface area contributed by atoms with Crippen LogP contribution >= 0.6 is 45.5 Å². The average Bonchev–Trinajstić information content (AvgIpc) is 2.47. The molecular weight excluding hydrogens is 406 g/mol. The normalized spacial score (nSPS) is 10.0. The van der Waals surface area contributed by atoms with E-state index in [0.29, 0.717) is 21.6 Å². The van der Waals surface area contributed by atoms with Crippen molar-refractivity contribution in [2.45, 2.75) is 12.5 Å². The summed E-state index contributed by atoms with van der Waals surface area (Å²) in [7, 11) is 1.31. The van der Waals surface area contributed by atoms with Crippen molar-refractivity contribution >= 4 is 54.5 Å². The second-order valence-electron chi connectivity index (χ2n) is 3.84. The second-order valence-corrected chi connectivity index (χ2v) is 7.96. The largest absolute Gasteiger partial charge is 0.390 e. The maximum atomic E-state index is 9.40. The van der Waals surface area contributed by atoms with Gasteiger partial charge in [-0.15, -0.1) is 11.6 Å². The number of pyridine rings is 2. The van der Waals surface area contributed by atoms with Crippen molar-refractivity contribution in [2.24, 2.45) is 0 Å². The molecular formula is C13H14Cl4N2O3S. The molecule has 0 saturated heterocycles. The Hall–Kier alpha value is -0.630. The first-order valence-electron chi connectivity index (χ1n) is 5.94. The number of aliphatic hydroxyl groups excluding tert-OH is 1. The third kappa shape index (κ3) is 12.5. The zero-order valence-corrected chi connectivity index (χ0v) is 15.8. The van der Waals surface area contributed by atoms with Crippen molar-refractivity contribution in [1.82, 2.24) is 9.97 Å². The molecule has 0 radical (unpaired) electrons. The molecule has 0 atom stereocenters. The molecule has 128 valence electrons. The maximum absolute atomic E-state index is 9.40. The molecule has 0 aliphatic heterocycles. The lowest BCUT2D eigenvalue weighted by Crippen LogP contribution is -1.87. The Kier molecular flexibility index (Phi) is 11.5. The van der Waals surface area contributed by atoms with Gasteiger partial charge in [0.1, 0.15) is 0 Å². The van der Waals surface area contributed by atoms with Crippen molar-refractivity contribution in [2.75, 3.05) is 6.26 Å². The highest BCUT2D eigenvalue weighted by Gasteiger charge is 1.95. The van der Waals surface area contributed by atoms with E-state index in [1.165, 1.54) is 0 Å². The van der Waals surface area contributed by atoms with Gasteiger partial charge in [0.05, 0.1) is 40.2 Å². The van der Waals surface area contributed by atoms with Gasteiger partial charge in [-0.1, -0.05) is 23.2 Å². The summed E-state index contributed by atoms with van der Waals surface area (Å²) in [5.41, 5.74) is 1.26. The predicted molar refractivity (Wildman–Crippen MR) is 94.7 cm³/mol. The van der Waals surface area contributed by atoms with Gasteiger partial charge in [0.2, 0.25) is 9.05 Å². The highest BCUT2D eigenvalue weighted by Crippen LogP contribution is 2.13. The molecule has 2 aromatic heterocycles. The molecule has 0 aliphatic rings. The molecule has 2 heterocycles. The smallest absolute Gasteiger partial charge is 0.229 e. The lowest BCUT2D eigenvalue weighted by Gasteiger charge is -1.94. The first kappa shape index (κ1) is 22.4. The summed E-state index contributed by atoms with van der Waals surface area (Å²) >= 11 is 16.8. The highest BCUT2D eigenvalue weighted by molar-refractivity contribution is 8.13. The molecule has 23 heavy (non-hydrogen) atoms. The molecule has 0 bridgehead atoms. The fraction of sp³-hybridized carbons (Fsp3) is 0.231. The molecule has 10 heteroatoms. The standard InChI is InChI=1S/C6H5Cl2N.C6H6ClNO.CH3ClO2S/c7-4-6-5(8)2-1-3-9-6;7-5-2-1-3-8-6(5)4-9;1-5(2,3)4/h1-3H,4H2;1-3,9H,4H2;1H3. The zero-order chi connectivity index (χ0) is 17.9. The van der Waals surface area contributed by atoms with Crippen molar-refractivity contribution in [1.29, 1.82) is 0 Å². The van der Waals surface area contributed by atoms with Gasteiger partial charge in [-0.3, -0.25) is 9.97 Å². The van der Waals surface area contributed by atoms with Crippen LogP contribution in [0.2, 0.25) is 10.0 Å². The van der Waals surface area contributed by atoms with E-state index in [1.807, 2.05) is 0 Å². The minimum Gasteiger partial charge on any atom is -0.390 e. The van der Waals surface area contributed by atoms with E-state index in [-0.39, 0.29) is 6.61 Å². The predicted octanol–water partition coefficient (Wildman–Crippen LogP) is 3.89. The van der Waals surface area contributed by atoms with E-state index in [4.69, 9.17) is 39.9 Å². The second kappa shape index (κ2) is 11.8. The zero-order valence-electron chi connectivity index (χ0n) is 12.0. The Bertz CT molecular complexity index is 646. The van der Waals surface area contributed by atoms with Gasteiger partial charge < -0.3 is 5.11 Å². The van der Waals surface area contributed by atoms with Crippen LogP contribution in [0.3, 0.4) is 0 Å². The van der Waals surface area contributed by atoms with Gasteiger partial charge in [0.15, 0.2) is 0 Å². The lowest BCUT2D eigenvalue weighted by molar-refractivity contribution is 0.277. The first-order chi connectivity index (χ1) is 10.7. The summed E-state index contributed by atoms with van der Waals surface area (Å²) in [5, 5.41) is 9.72. The number of alkyl halides is 1. The van der Waals surface area contributed by atoms with Gasteiger partial charge in [-0.2, -0.15) is 0 Å². The average molecular weight is 420 g/mol. The minimum atomic E-state index is -3.19. The van der Waals surface area contributed by atoms with Crippen LogP contribution in [0.1, 0.15) is 11.4 Å². The molecule has 0 saturated carbocycles. The molecule has 0 unspecified atom stereocenters. The molecule has 1 N–H and O–H groups in total. The van der Waals surface area contributed by atoms with Gasteiger partial charge in [-0.25, -0.2) is 8.42 Å². The number of hydrogen-bond donors (Lipinski definition) is 1. The first-order valence-corrected chi connectivity index (χ1v) is 9.95. The monoisotopic (exact) mass is 418 g/mol. The van der Waals surface area contributed by atoms with Crippen LogP contribution < -0.4 is 0 Å². The van der Waals surface area contributed by atoms with Gasteiger partial charge in [0, 0.05) is 23.1 Å². The molecule has 0 aliphatic carbocycles. The van der Waals surface area contributed by atoms with Gasteiger partial charge >= 0.3 is 0 Å². The Morgan fingerprint density at radius 3 is 1.65 bits per heavy atom. The van der Waals surface area contributed by atoms with Crippen LogP contribution in [0.15, 0.2) is 36.7 Å². The molecule has 2 rings (SSSR count). The summed E-state index contributed by atoms with van der Waals surface area (Å²) in [4.78, 5) is 7.75. The van der Waals surface area contributed by atoms with E-state index in [0.717, 1.165) is 11.9 Å². The van der Waals surface area contributed by atoms with Gasteiger partial charge in [-0.05, 0) is 24.3 Å². The summed E-state index contributed by atoms with van der Waals surface area (Å²) < 4.78 is 18.8. The van der Waals surface area contributed by atoms with Gasteiger partial charge in [0.25, 0.3) is 0 Å². The number of halogens is 4. The van der Waals surface area contributed by atoms with Crippen LogP contribution in [-0.4, -0.2) is 29.7 Å². The molecule has 2 aromatic rings. The van der Waals surface area contributed by atoms with Crippen molar-refractivity contribution in [3.63, 3.8) is 0 Å². The highest BCUT2D eigenvalue weighted by atomic mass is 35.7. The van der Waals surface area contributed by atoms with Crippen LogP contribution in [0.5, 0.6) is 0 Å². The van der Waals surface area contributed by atoms with E-state index >= 15 is 0 Å². The Morgan fingerprint density at radius 1 is 1.04 bits per heavy atom. The third-order valence-electron chi connectivity index (χ3n) is 1.95. The number of hydrogen-bond acceptors (Lipinski definition) is 5. The third-order valence-corrected chi connectivity index (χ3v) is 2.89. The molecule has 5 nitrogen and oxygen atoms in total. The van der Waals surface area contributed by atoms with Crippen molar-refractivity contribution in [3.8, 4) is 0 Å². The number of aliphatic hydroxyl groups is 1. The minimum absolute atomic E-state index is 0.0975. The van der Waals surface area contributed by atoms with E-state index in [1.54, 1.807) is 36.7 Å². The quantitative estimate of drug-likeness (QED) is 0.589.